The second-order valence-electron chi connectivity index (χ2n) is 9.27. The first-order valence-corrected chi connectivity index (χ1v) is 11.9. The first kappa shape index (κ1) is 18.4. The number of aryl methyl sites for hydroxylation is 1. The van der Waals surface area contributed by atoms with E-state index in [-0.39, 0.29) is 11.4 Å². The van der Waals surface area contributed by atoms with Gasteiger partial charge < -0.3 is 5.32 Å². The van der Waals surface area contributed by atoms with Crippen molar-refractivity contribution < 1.29 is 4.79 Å². The summed E-state index contributed by atoms with van der Waals surface area (Å²) in [5.74, 6) is 2.46. The number of hydrogen-bond donors (Lipinski definition) is 1. The highest BCUT2D eigenvalue weighted by Crippen LogP contribution is 2.60. The molecule has 0 aliphatic heterocycles. The van der Waals surface area contributed by atoms with Gasteiger partial charge in [0.2, 0.25) is 0 Å². The van der Waals surface area contributed by atoms with Crippen molar-refractivity contribution in [1.29, 1.82) is 0 Å². The van der Waals surface area contributed by atoms with E-state index < -0.39 is 0 Å². The third kappa shape index (κ3) is 3.20. The second kappa shape index (κ2) is 7.29. The first-order chi connectivity index (χ1) is 13.7. The number of unbranched alkanes of at least 4 members (excludes halogenated alkanes) is 2. The topological polar surface area (TPSA) is 42.0 Å². The van der Waals surface area contributed by atoms with Crippen molar-refractivity contribution in [2.24, 2.45) is 17.8 Å². The van der Waals surface area contributed by atoms with Gasteiger partial charge in [0.1, 0.15) is 0 Å². The fraction of sp³-hybridized carbons (Fsp3) is 0.583. The molecule has 4 aliphatic carbocycles. The van der Waals surface area contributed by atoms with Gasteiger partial charge in [0, 0.05) is 16.0 Å². The average Bonchev–Trinajstić information content (AvgIpc) is 3.29. The lowest BCUT2D eigenvalue weighted by Gasteiger charge is -2.33. The predicted octanol–water partition coefficient (Wildman–Crippen LogP) is 5.85. The van der Waals surface area contributed by atoms with Crippen LogP contribution >= 0.6 is 11.3 Å². The third-order valence-corrected chi connectivity index (χ3v) is 8.41. The van der Waals surface area contributed by atoms with Crippen molar-refractivity contribution in [3.63, 3.8) is 0 Å². The molecule has 148 valence electrons. The van der Waals surface area contributed by atoms with Crippen LogP contribution < -0.4 is 5.32 Å². The van der Waals surface area contributed by atoms with Crippen LogP contribution in [0.2, 0.25) is 0 Å². The quantitative estimate of drug-likeness (QED) is 0.598. The summed E-state index contributed by atoms with van der Waals surface area (Å²) in [6.45, 7) is 2.23. The number of amides is 1. The maximum Gasteiger partial charge on any atom is 0.280 e. The van der Waals surface area contributed by atoms with Crippen molar-refractivity contribution >= 4 is 17.2 Å². The van der Waals surface area contributed by atoms with Crippen LogP contribution in [-0.4, -0.2) is 16.4 Å². The summed E-state index contributed by atoms with van der Waals surface area (Å²) < 4.78 is 0. The molecule has 1 heterocycles. The fourth-order valence-electron chi connectivity index (χ4n) is 6.26. The Kier molecular flexibility index (Phi) is 4.78. The molecule has 28 heavy (non-hydrogen) atoms. The summed E-state index contributed by atoms with van der Waals surface area (Å²) in [6, 6.07) is 10.4. The van der Waals surface area contributed by atoms with Crippen molar-refractivity contribution in [3.05, 3.63) is 40.2 Å². The zero-order valence-corrected chi connectivity index (χ0v) is 17.6. The van der Waals surface area contributed by atoms with Crippen LogP contribution in [0.3, 0.4) is 0 Å². The number of thiazole rings is 1. The Morgan fingerprint density at radius 3 is 2.61 bits per heavy atom. The van der Waals surface area contributed by atoms with Crippen LogP contribution in [-0.2, 0) is 6.42 Å². The Bertz CT molecular complexity index is 845. The zero-order chi connectivity index (χ0) is 19.1. The fourth-order valence-corrected chi connectivity index (χ4v) is 7.28. The molecule has 4 fully saturated rings. The number of benzene rings is 1. The highest BCUT2D eigenvalue weighted by atomic mass is 32.1. The molecule has 2 atom stereocenters. The molecule has 1 amide bonds. The van der Waals surface area contributed by atoms with Gasteiger partial charge in [-0.1, -0.05) is 50.1 Å². The summed E-state index contributed by atoms with van der Waals surface area (Å²) in [4.78, 5) is 19.3. The Morgan fingerprint density at radius 2 is 1.89 bits per heavy atom. The molecule has 2 aromatic rings. The molecule has 1 N–H and O–H groups in total. The van der Waals surface area contributed by atoms with Crippen LogP contribution in [0.4, 0.5) is 0 Å². The van der Waals surface area contributed by atoms with Gasteiger partial charge in [0.25, 0.3) is 5.91 Å². The van der Waals surface area contributed by atoms with Crippen molar-refractivity contribution in [2.75, 3.05) is 0 Å². The maximum absolute atomic E-state index is 13.2. The molecular formula is C24H30N2OS. The van der Waals surface area contributed by atoms with Crippen LogP contribution in [0.25, 0.3) is 11.3 Å². The number of rotatable bonds is 7. The first-order valence-electron chi connectivity index (χ1n) is 11.0. The van der Waals surface area contributed by atoms with E-state index in [1.807, 2.05) is 6.07 Å². The predicted molar refractivity (Wildman–Crippen MR) is 115 cm³/mol. The number of nitrogens with one attached hydrogen (secondary N) is 1. The van der Waals surface area contributed by atoms with Crippen LogP contribution in [0.15, 0.2) is 30.3 Å². The summed E-state index contributed by atoms with van der Waals surface area (Å²) in [5.41, 5.74) is 2.22. The Morgan fingerprint density at radius 1 is 1.14 bits per heavy atom. The standard InChI is InChI=1S/C24H30N2OS/c1-2-3-5-10-20-21(18-8-6-4-7-9-18)25-23(28-20)22(27)26-24-14-16-11-17(15-24)13-19(24)12-16/h4,6-9,16-17,19H,2-3,5,10-15H2,1H3,(H,26,27). The van der Waals surface area contributed by atoms with Crippen LogP contribution in [0.1, 0.15) is 73.0 Å². The smallest absolute Gasteiger partial charge is 0.280 e. The minimum absolute atomic E-state index is 0.0668. The maximum atomic E-state index is 13.2. The van der Waals surface area contributed by atoms with E-state index in [1.165, 1.54) is 49.8 Å². The van der Waals surface area contributed by atoms with Gasteiger partial charge in [-0.15, -0.1) is 11.3 Å². The molecule has 1 aromatic carbocycles. The molecular weight excluding hydrogens is 364 g/mol. The van der Waals surface area contributed by atoms with E-state index in [9.17, 15) is 4.79 Å². The molecule has 4 aliphatic rings. The van der Waals surface area contributed by atoms with Crippen molar-refractivity contribution in [3.8, 4) is 11.3 Å². The molecule has 0 spiro atoms. The van der Waals surface area contributed by atoms with Gasteiger partial charge in [-0.05, 0) is 62.7 Å². The minimum Gasteiger partial charge on any atom is -0.344 e. The summed E-state index contributed by atoms with van der Waals surface area (Å²) in [7, 11) is 0. The molecule has 2 unspecified atom stereocenters. The average molecular weight is 395 g/mol. The molecule has 0 radical (unpaired) electrons. The molecule has 4 bridgehead atoms. The number of nitrogens with zero attached hydrogens (tertiary/aromatic N) is 1. The van der Waals surface area contributed by atoms with E-state index in [2.05, 4.69) is 36.5 Å². The van der Waals surface area contributed by atoms with Crippen molar-refractivity contribution in [1.82, 2.24) is 10.3 Å². The largest absolute Gasteiger partial charge is 0.344 e. The van der Waals surface area contributed by atoms with E-state index in [0.29, 0.717) is 10.9 Å². The molecule has 4 heteroatoms. The SMILES string of the molecule is CCCCCc1sc(C(=O)NC23CC4CC(CC2C4)C3)nc1-c1ccccc1. The van der Waals surface area contributed by atoms with E-state index in [0.717, 1.165) is 35.9 Å². The van der Waals surface area contributed by atoms with Gasteiger partial charge in [-0.3, -0.25) is 4.79 Å². The normalized spacial score (nSPS) is 30.1. The molecule has 1 aromatic heterocycles. The van der Waals surface area contributed by atoms with Gasteiger partial charge in [0.15, 0.2) is 5.01 Å². The highest BCUT2D eigenvalue weighted by molar-refractivity contribution is 7.14. The zero-order valence-electron chi connectivity index (χ0n) is 16.7. The lowest BCUT2D eigenvalue weighted by Crippen LogP contribution is -2.49. The van der Waals surface area contributed by atoms with Crippen LogP contribution in [0, 0.1) is 17.8 Å². The number of hydrogen-bond acceptors (Lipinski definition) is 3. The lowest BCUT2D eigenvalue weighted by molar-refractivity contribution is 0.0874. The minimum atomic E-state index is 0.0668. The highest BCUT2D eigenvalue weighted by Gasteiger charge is 2.58. The molecule has 4 saturated carbocycles. The van der Waals surface area contributed by atoms with Gasteiger partial charge in [-0.25, -0.2) is 4.98 Å². The summed E-state index contributed by atoms with van der Waals surface area (Å²) >= 11 is 1.62. The summed E-state index contributed by atoms with van der Waals surface area (Å²) in [6.07, 6.45) is 11.0. The van der Waals surface area contributed by atoms with E-state index >= 15 is 0 Å². The number of carbonyl (C=O) groups is 1. The van der Waals surface area contributed by atoms with E-state index in [1.54, 1.807) is 11.3 Å². The molecule has 6 rings (SSSR count). The summed E-state index contributed by atoms with van der Waals surface area (Å²) in [5, 5.41) is 4.16. The molecule has 3 nitrogen and oxygen atoms in total. The van der Waals surface area contributed by atoms with Crippen LogP contribution in [0.5, 0.6) is 0 Å². The van der Waals surface area contributed by atoms with Gasteiger partial charge in [-0.2, -0.15) is 0 Å². The Balaban J connectivity index is 1.39. The number of aromatic nitrogens is 1. The third-order valence-electron chi connectivity index (χ3n) is 7.30. The van der Waals surface area contributed by atoms with Gasteiger partial charge >= 0.3 is 0 Å². The van der Waals surface area contributed by atoms with E-state index in [4.69, 9.17) is 4.98 Å². The second-order valence-corrected chi connectivity index (χ2v) is 10.4. The Hall–Kier alpha value is -1.68. The van der Waals surface area contributed by atoms with Crippen molar-refractivity contribution in [2.45, 2.75) is 70.3 Å². The Labute approximate surface area is 172 Å². The van der Waals surface area contributed by atoms with Gasteiger partial charge in [0.05, 0.1) is 5.69 Å². The lowest BCUT2D eigenvalue weighted by atomic mass is 9.80. The number of carbonyl (C=O) groups excluding carboxylic acids is 1. The molecule has 0 saturated heterocycles. The monoisotopic (exact) mass is 394 g/mol.